The van der Waals surface area contributed by atoms with Crippen LogP contribution in [-0.2, 0) is 4.79 Å². The van der Waals surface area contributed by atoms with Gasteiger partial charge in [0, 0.05) is 11.8 Å². The molecule has 0 aromatic heterocycles. The third-order valence-electron chi connectivity index (χ3n) is 4.25. The minimum Gasteiger partial charge on any atom is -0.299 e. The van der Waals surface area contributed by atoms with Gasteiger partial charge in [-0.15, -0.1) is 0 Å². The smallest absolute Gasteiger partial charge is 0.140 e. The number of carbonyl (C=O) groups excluding carboxylic acids is 1. The molecule has 12 heavy (non-hydrogen) atoms. The summed E-state index contributed by atoms with van der Waals surface area (Å²) in [6.07, 6.45) is 10.4. The zero-order valence-electron chi connectivity index (χ0n) is 7.25. The molecule has 1 spiro atoms. The molecule has 3 atom stereocenters. The molecule has 2 fully saturated rings. The molecule has 0 bridgehead atoms. The molecule has 0 amide bonds. The first kappa shape index (κ1) is 6.88. The van der Waals surface area contributed by atoms with Gasteiger partial charge in [0.1, 0.15) is 5.78 Å². The Bertz CT molecular complexity index is 266. The SMILES string of the molecule is O=C1C[C@H]2C=CCC3CCC[C@@]132. The fourth-order valence-electron chi connectivity index (χ4n) is 3.58. The zero-order valence-corrected chi connectivity index (χ0v) is 7.25. The summed E-state index contributed by atoms with van der Waals surface area (Å²) in [5.41, 5.74) is 0.161. The Labute approximate surface area is 72.8 Å². The van der Waals surface area contributed by atoms with E-state index in [1.807, 2.05) is 0 Å². The molecule has 64 valence electrons. The van der Waals surface area contributed by atoms with Crippen molar-refractivity contribution in [2.45, 2.75) is 32.1 Å². The van der Waals surface area contributed by atoms with Crippen molar-refractivity contribution in [3.05, 3.63) is 12.2 Å². The van der Waals surface area contributed by atoms with Gasteiger partial charge < -0.3 is 0 Å². The Balaban J connectivity index is 2.05. The fraction of sp³-hybridized carbons (Fsp3) is 0.727. The van der Waals surface area contributed by atoms with Crippen LogP contribution < -0.4 is 0 Å². The summed E-state index contributed by atoms with van der Waals surface area (Å²) >= 11 is 0. The van der Waals surface area contributed by atoms with Crippen LogP contribution in [0, 0.1) is 17.3 Å². The molecule has 0 heterocycles. The van der Waals surface area contributed by atoms with Gasteiger partial charge in [-0.25, -0.2) is 0 Å². The van der Waals surface area contributed by atoms with Crippen molar-refractivity contribution >= 4 is 5.78 Å². The lowest BCUT2D eigenvalue weighted by atomic mass is 9.51. The topological polar surface area (TPSA) is 17.1 Å². The predicted octanol–water partition coefficient (Wildman–Crippen LogP) is 2.32. The van der Waals surface area contributed by atoms with E-state index in [4.69, 9.17) is 0 Å². The second-order valence-corrected chi connectivity index (χ2v) is 4.53. The van der Waals surface area contributed by atoms with Gasteiger partial charge in [-0.2, -0.15) is 0 Å². The number of allylic oxidation sites excluding steroid dienone is 2. The average Bonchev–Trinajstić information content (AvgIpc) is 2.50. The minimum absolute atomic E-state index is 0.161. The quantitative estimate of drug-likeness (QED) is 0.499. The molecule has 2 saturated carbocycles. The van der Waals surface area contributed by atoms with Crippen molar-refractivity contribution in [3.63, 3.8) is 0 Å². The maximum absolute atomic E-state index is 11.6. The van der Waals surface area contributed by atoms with Crippen LogP contribution in [0.1, 0.15) is 32.1 Å². The summed E-state index contributed by atoms with van der Waals surface area (Å²) in [7, 11) is 0. The number of carbonyl (C=O) groups is 1. The van der Waals surface area contributed by atoms with Gasteiger partial charge in [0.05, 0.1) is 0 Å². The summed E-state index contributed by atoms with van der Waals surface area (Å²) < 4.78 is 0. The molecule has 1 unspecified atom stereocenters. The van der Waals surface area contributed by atoms with E-state index in [1.165, 1.54) is 25.7 Å². The first-order chi connectivity index (χ1) is 5.84. The highest BCUT2D eigenvalue weighted by molar-refractivity contribution is 5.93. The van der Waals surface area contributed by atoms with E-state index < -0.39 is 0 Å². The molecule has 3 aliphatic rings. The van der Waals surface area contributed by atoms with Crippen LogP contribution >= 0.6 is 0 Å². The van der Waals surface area contributed by atoms with E-state index in [1.54, 1.807) is 0 Å². The van der Waals surface area contributed by atoms with Crippen LogP contribution in [0.4, 0.5) is 0 Å². The number of hydrogen-bond donors (Lipinski definition) is 0. The maximum atomic E-state index is 11.6. The van der Waals surface area contributed by atoms with Crippen LogP contribution in [0.2, 0.25) is 0 Å². The summed E-state index contributed by atoms with van der Waals surface area (Å²) in [5, 5.41) is 0. The largest absolute Gasteiger partial charge is 0.299 e. The summed E-state index contributed by atoms with van der Waals surface area (Å²) in [4.78, 5) is 11.6. The average molecular weight is 162 g/mol. The molecule has 0 aromatic rings. The Hall–Kier alpha value is -0.590. The lowest BCUT2D eigenvalue weighted by Gasteiger charge is -2.50. The lowest BCUT2D eigenvalue weighted by Crippen LogP contribution is -2.52. The van der Waals surface area contributed by atoms with Gasteiger partial charge in [-0.1, -0.05) is 18.6 Å². The van der Waals surface area contributed by atoms with Crippen molar-refractivity contribution in [1.82, 2.24) is 0 Å². The van der Waals surface area contributed by atoms with Gasteiger partial charge in [-0.05, 0) is 31.1 Å². The molecule has 1 nitrogen and oxygen atoms in total. The standard InChI is InChI=1S/C11H14O/c12-10-7-9-4-1-3-8-5-2-6-11(8,9)10/h1,4,8-9H,2-3,5-7H2/t8?,9-,11-/m1/s1. The van der Waals surface area contributed by atoms with Crippen LogP contribution in [0.25, 0.3) is 0 Å². The Morgan fingerprint density at radius 3 is 3.17 bits per heavy atom. The molecule has 0 radical (unpaired) electrons. The lowest BCUT2D eigenvalue weighted by molar-refractivity contribution is -0.147. The van der Waals surface area contributed by atoms with Crippen molar-refractivity contribution in [2.75, 3.05) is 0 Å². The van der Waals surface area contributed by atoms with Gasteiger partial charge in [0.2, 0.25) is 0 Å². The molecule has 0 aromatic carbocycles. The minimum atomic E-state index is 0.161. The predicted molar refractivity (Wildman–Crippen MR) is 46.6 cm³/mol. The molecule has 3 rings (SSSR count). The first-order valence-corrected chi connectivity index (χ1v) is 5.04. The Kier molecular flexibility index (Phi) is 1.15. The third kappa shape index (κ3) is 0.562. The van der Waals surface area contributed by atoms with Crippen LogP contribution in [0.5, 0.6) is 0 Å². The normalized spacial score (nSPS) is 49.8. The van der Waals surface area contributed by atoms with E-state index in [9.17, 15) is 4.79 Å². The van der Waals surface area contributed by atoms with Crippen LogP contribution in [-0.4, -0.2) is 5.78 Å². The van der Waals surface area contributed by atoms with Crippen molar-refractivity contribution in [3.8, 4) is 0 Å². The zero-order chi connectivity index (χ0) is 8.18. The third-order valence-corrected chi connectivity index (χ3v) is 4.25. The number of ketones is 1. The van der Waals surface area contributed by atoms with Crippen LogP contribution in [0.15, 0.2) is 12.2 Å². The van der Waals surface area contributed by atoms with Crippen molar-refractivity contribution < 1.29 is 4.79 Å². The molecule has 0 saturated heterocycles. The second-order valence-electron chi connectivity index (χ2n) is 4.53. The van der Waals surface area contributed by atoms with E-state index >= 15 is 0 Å². The number of hydrogen-bond acceptors (Lipinski definition) is 1. The van der Waals surface area contributed by atoms with Crippen molar-refractivity contribution in [1.29, 1.82) is 0 Å². The van der Waals surface area contributed by atoms with E-state index in [0.717, 1.165) is 6.42 Å². The Morgan fingerprint density at radius 1 is 1.50 bits per heavy atom. The highest BCUT2D eigenvalue weighted by Gasteiger charge is 2.60. The first-order valence-electron chi connectivity index (χ1n) is 5.04. The number of rotatable bonds is 0. The molecule has 0 N–H and O–H groups in total. The maximum Gasteiger partial charge on any atom is 0.140 e. The second kappa shape index (κ2) is 2.01. The fourth-order valence-corrected chi connectivity index (χ4v) is 3.58. The van der Waals surface area contributed by atoms with E-state index in [-0.39, 0.29) is 5.41 Å². The Morgan fingerprint density at radius 2 is 2.42 bits per heavy atom. The highest BCUT2D eigenvalue weighted by Crippen LogP contribution is 2.61. The molecule has 0 aliphatic heterocycles. The summed E-state index contributed by atoms with van der Waals surface area (Å²) in [6.45, 7) is 0. The van der Waals surface area contributed by atoms with Crippen molar-refractivity contribution in [2.24, 2.45) is 17.3 Å². The summed E-state index contributed by atoms with van der Waals surface area (Å²) in [6, 6.07) is 0. The van der Waals surface area contributed by atoms with Gasteiger partial charge in [-0.3, -0.25) is 4.79 Å². The number of Topliss-reactive ketones (excluding diaryl/α,β-unsaturated/α-hetero) is 1. The highest BCUT2D eigenvalue weighted by atomic mass is 16.1. The van der Waals surface area contributed by atoms with E-state index in [2.05, 4.69) is 12.2 Å². The van der Waals surface area contributed by atoms with E-state index in [0.29, 0.717) is 17.6 Å². The molecular formula is C11H14O. The van der Waals surface area contributed by atoms with Gasteiger partial charge in [0.25, 0.3) is 0 Å². The monoisotopic (exact) mass is 162 g/mol. The molecular weight excluding hydrogens is 148 g/mol. The van der Waals surface area contributed by atoms with Crippen LogP contribution in [0.3, 0.4) is 0 Å². The summed E-state index contributed by atoms with van der Waals surface area (Å²) in [5.74, 6) is 1.92. The molecule has 3 aliphatic carbocycles. The molecule has 1 heteroatoms. The van der Waals surface area contributed by atoms with Gasteiger partial charge in [0.15, 0.2) is 0 Å². The van der Waals surface area contributed by atoms with Gasteiger partial charge >= 0.3 is 0 Å².